The third kappa shape index (κ3) is 3.96. The van der Waals surface area contributed by atoms with Gasteiger partial charge in [0, 0.05) is 30.4 Å². The fraction of sp³-hybridized carbons (Fsp3) is 0.412. The molecule has 0 atom stereocenters. The maximum atomic E-state index is 11.7. The fourth-order valence-corrected chi connectivity index (χ4v) is 2.97. The van der Waals surface area contributed by atoms with Crippen LogP contribution in [0.25, 0.3) is 11.3 Å². The molecule has 0 unspecified atom stereocenters. The van der Waals surface area contributed by atoms with Gasteiger partial charge in [0.05, 0.1) is 12.8 Å². The quantitative estimate of drug-likeness (QED) is 0.532. The molecule has 1 aromatic heterocycles. The Labute approximate surface area is 143 Å². The molecule has 0 N–H and O–H groups in total. The van der Waals surface area contributed by atoms with Crippen molar-refractivity contribution in [1.82, 2.24) is 9.97 Å². The summed E-state index contributed by atoms with van der Waals surface area (Å²) in [6, 6.07) is 9.19. The van der Waals surface area contributed by atoms with Gasteiger partial charge < -0.3 is 14.2 Å². The zero-order chi connectivity index (χ0) is 17.6. The van der Waals surface area contributed by atoms with E-state index in [9.17, 15) is 4.57 Å². The molecule has 7 heteroatoms. The Balaban J connectivity index is 2.39. The summed E-state index contributed by atoms with van der Waals surface area (Å²) < 4.78 is 28.1. The second kappa shape index (κ2) is 8.29. The third-order valence-electron chi connectivity index (χ3n) is 3.37. The number of hydrogen-bond acceptors (Lipinski definition) is 6. The van der Waals surface area contributed by atoms with Crippen LogP contribution in [0.2, 0.25) is 0 Å². The predicted molar refractivity (Wildman–Crippen MR) is 91.3 cm³/mol. The molecule has 0 saturated carbocycles. The number of ether oxygens (including phenoxy) is 3. The molecule has 0 radical (unpaired) electrons. The van der Waals surface area contributed by atoms with Crippen LogP contribution in [0.4, 0.5) is 0 Å². The van der Waals surface area contributed by atoms with E-state index in [1.807, 2.05) is 45.0 Å². The van der Waals surface area contributed by atoms with Crippen LogP contribution in [-0.2, 0) is 19.6 Å². The lowest BCUT2D eigenvalue weighted by atomic mass is 10.1. The van der Waals surface area contributed by atoms with Gasteiger partial charge in [-0.1, -0.05) is 24.3 Å². The van der Waals surface area contributed by atoms with Crippen LogP contribution in [0.5, 0.6) is 5.88 Å². The molecule has 0 fully saturated rings. The molecule has 1 aromatic carbocycles. The van der Waals surface area contributed by atoms with E-state index >= 15 is 0 Å². The number of rotatable bonds is 8. The summed E-state index contributed by atoms with van der Waals surface area (Å²) in [6.07, 6.45) is 0. The van der Waals surface area contributed by atoms with Crippen molar-refractivity contribution in [3.63, 3.8) is 0 Å². The van der Waals surface area contributed by atoms with Crippen LogP contribution >= 0.6 is 8.46 Å². The molecule has 6 nitrogen and oxygen atoms in total. The number of aryl methyl sites for hydroxylation is 1. The number of benzene rings is 1. The van der Waals surface area contributed by atoms with Crippen LogP contribution in [0.1, 0.15) is 25.2 Å². The largest absolute Gasteiger partial charge is 0.481 e. The minimum Gasteiger partial charge on any atom is -0.481 e. The summed E-state index contributed by atoms with van der Waals surface area (Å²) in [7, 11) is 1.33. The van der Waals surface area contributed by atoms with E-state index in [4.69, 9.17) is 14.2 Å². The molecule has 0 aliphatic rings. The standard InChI is InChI=1S/C17H21N2O4P/c1-5-22-17(24-20,23-6-2)14-9-7-13(8-10-14)15-11-16(21-4)19-12(3)18-15/h7-11H,5-6H2,1-4H3. The Morgan fingerprint density at radius 2 is 1.71 bits per heavy atom. The van der Waals surface area contributed by atoms with Crippen molar-refractivity contribution in [2.75, 3.05) is 20.3 Å². The summed E-state index contributed by atoms with van der Waals surface area (Å²) in [6.45, 7) is 6.26. The van der Waals surface area contributed by atoms with Gasteiger partial charge in [0.2, 0.25) is 14.3 Å². The van der Waals surface area contributed by atoms with Gasteiger partial charge in [-0.3, -0.25) is 4.57 Å². The average Bonchev–Trinajstić information content (AvgIpc) is 2.61. The lowest BCUT2D eigenvalue weighted by Gasteiger charge is -2.26. The van der Waals surface area contributed by atoms with Crippen molar-refractivity contribution in [3.8, 4) is 17.1 Å². The summed E-state index contributed by atoms with van der Waals surface area (Å²) in [4.78, 5) is 8.60. The van der Waals surface area contributed by atoms with Gasteiger partial charge in [0.15, 0.2) is 0 Å². The summed E-state index contributed by atoms with van der Waals surface area (Å²) in [5, 5.41) is 0. The van der Waals surface area contributed by atoms with Gasteiger partial charge >= 0.3 is 0 Å². The van der Waals surface area contributed by atoms with Crippen molar-refractivity contribution in [1.29, 1.82) is 0 Å². The first kappa shape index (κ1) is 18.5. The zero-order valence-corrected chi connectivity index (χ0v) is 15.2. The molecule has 0 bridgehead atoms. The SMILES string of the molecule is CCOC(OCC)(P=O)c1ccc(-c2cc(OC)nc(C)n2)cc1. The third-order valence-corrected chi connectivity index (χ3v) is 4.13. The molecular formula is C17H21N2O4P. The number of aromatic nitrogens is 2. The molecule has 0 saturated heterocycles. The van der Waals surface area contributed by atoms with Gasteiger partial charge in [-0.15, -0.1) is 0 Å². The predicted octanol–water partition coefficient (Wildman–Crippen LogP) is 3.94. The molecule has 0 aliphatic carbocycles. The van der Waals surface area contributed by atoms with E-state index < -0.39 is 5.53 Å². The van der Waals surface area contributed by atoms with Crippen molar-refractivity contribution < 1.29 is 18.8 Å². The zero-order valence-electron chi connectivity index (χ0n) is 14.3. The normalized spacial score (nSPS) is 11.7. The van der Waals surface area contributed by atoms with Crippen molar-refractivity contribution in [2.24, 2.45) is 0 Å². The summed E-state index contributed by atoms with van der Waals surface area (Å²) >= 11 is 0. The van der Waals surface area contributed by atoms with Crippen molar-refractivity contribution in [3.05, 3.63) is 41.7 Å². The van der Waals surface area contributed by atoms with Crippen LogP contribution in [0, 0.1) is 6.92 Å². The van der Waals surface area contributed by atoms with Gasteiger partial charge in [-0.05, 0) is 20.8 Å². The molecule has 1 heterocycles. The first-order valence-corrected chi connectivity index (χ1v) is 8.52. The summed E-state index contributed by atoms with van der Waals surface area (Å²) in [5.41, 5.74) is 1.06. The smallest absolute Gasteiger partial charge is 0.278 e. The maximum Gasteiger partial charge on any atom is 0.278 e. The van der Waals surface area contributed by atoms with Crippen LogP contribution in [-0.4, -0.2) is 30.3 Å². The van der Waals surface area contributed by atoms with Crippen LogP contribution in [0.3, 0.4) is 0 Å². The van der Waals surface area contributed by atoms with Crippen LogP contribution < -0.4 is 4.74 Å². The molecular weight excluding hydrogens is 327 g/mol. The second-order valence-electron chi connectivity index (χ2n) is 4.96. The highest BCUT2D eigenvalue weighted by molar-refractivity contribution is 7.24. The Kier molecular flexibility index (Phi) is 6.37. The Bertz CT molecular complexity index is 685. The van der Waals surface area contributed by atoms with Gasteiger partial charge in [0.25, 0.3) is 5.53 Å². The molecule has 0 aliphatic heterocycles. The van der Waals surface area contributed by atoms with E-state index in [-0.39, 0.29) is 8.46 Å². The van der Waals surface area contributed by atoms with E-state index in [1.54, 1.807) is 13.2 Å². The molecule has 24 heavy (non-hydrogen) atoms. The van der Waals surface area contributed by atoms with E-state index in [2.05, 4.69) is 9.97 Å². The first-order chi connectivity index (χ1) is 11.6. The van der Waals surface area contributed by atoms with Gasteiger partial charge in [0.1, 0.15) is 5.82 Å². The number of methoxy groups -OCH3 is 1. The van der Waals surface area contributed by atoms with Crippen molar-refractivity contribution >= 4 is 8.46 Å². The minimum absolute atomic E-state index is 0.240. The van der Waals surface area contributed by atoms with E-state index in [1.165, 1.54) is 0 Å². The van der Waals surface area contributed by atoms with E-state index in [0.717, 1.165) is 11.3 Å². The van der Waals surface area contributed by atoms with Gasteiger partial charge in [-0.2, -0.15) is 4.98 Å². The first-order valence-electron chi connectivity index (χ1n) is 7.71. The number of hydrogen-bond donors (Lipinski definition) is 0. The average molecular weight is 348 g/mol. The topological polar surface area (TPSA) is 70.5 Å². The Morgan fingerprint density at radius 3 is 2.21 bits per heavy atom. The highest BCUT2D eigenvalue weighted by Gasteiger charge is 2.35. The van der Waals surface area contributed by atoms with Gasteiger partial charge in [-0.25, -0.2) is 4.98 Å². The molecule has 0 amide bonds. The second-order valence-corrected chi connectivity index (χ2v) is 5.73. The lowest BCUT2D eigenvalue weighted by Crippen LogP contribution is -2.27. The van der Waals surface area contributed by atoms with Crippen molar-refractivity contribution in [2.45, 2.75) is 26.3 Å². The number of nitrogens with zero attached hydrogens (tertiary/aromatic N) is 2. The van der Waals surface area contributed by atoms with Crippen LogP contribution in [0.15, 0.2) is 30.3 Å². The molecule has 128 valence electrons. The molecule has 0 spiro atoms. The van der Waals surface area contributed by atoms with E-state index in [0.29, 0.717) is 30.5 Å². The monoisotopic (exact) mass is 348 g/mol. The maximum absolute atomic E-state index is 11.7. The lowest BCUT2D eigenvalue weighted by molar-refractivity contribution is -0.176. The molecule has 2 aromatic rings. The highest BCUT2D eigenvalue weighted by Crippen LogP contribution is 2.38. The Hall–Kier alpha value is -1.88. The highest BCUT2D eigenvalue weighted by atomic mass is 31.1. The summed E-state index contributed by atoms with van der Waals surface area (Å²) in [5.74, 6) is 1.14. The fourth-order valence-electron chi connectivity index (χ4n) is 2.35. The molecule has 2 rings (SSSR count). The minimum atomic E-state index is -1.28. The Morgan fingerprint density at radius 1 is 1.08 bits per heavy atom.